The van der Waals surface area contributed by atoms with Crippen LogP contribution in [0.15, 0.2) is 0 Å². The van der Waals surface area contributed by atoms with Gasteiger partial charge in [-0.15, -0.1) is 0 Å². The summed E-state index contributed by atoms with van der Waals surface area (Å²) in [5.41, 5.74) is 5.46. The van der Waals surface area contributed by atoms with Crippen LogP contribution >= 0.6 is 0 Å². The van der Waals surface area contributed by atoms with Crippen molar-refractivity contribution in [2.24, 2.45) is 5.73 Å². The van der Waals surface area contributed by atoms with Gasteiger partial charge in [0.05, 0.1) is 5.54 Å². The number of nitrogens with two attached hydrogens (primary N) is 1. The molecule has 2 aliphatic heterocycles. The molecular formula is C14H26N4O2. The highest BCUT2D eigenvalue weighted by Gasteiger charge is 2.37. The molecule has 0 aliphatic carbocycles. The summed E-state index contributed by atoms with van der Waals surface area (Å²) < 4.78 is 0. The SMILES string of the molecule is CCC(N)(CC)C(=O)N1CCC(N2CCNC2=O)CC1. The minimum absolute atomic E-state index is 0.0325. The van der Waals surface area contributed by atoms with E-state index in [-0.39, 0.29) is 18.0 Å². The van der Waals surface area contributed by atoms with Crippen molar-refractivity contribution < 1.29 is 9.59 Å². The van der Waals surface area contributed by atoms with Crippen LogP contribution in [0.3, 0.4) is 0 Å². The second-order valence-corrected chi connectivity index (χ2v) is 5.81. The number of carbonyl (C=O) groups excluding carboxylic acids is 2. The highest BCUT2D eigenvalue weighted by Crippen LogP contribution is 2.22. The summed E-state index contributed by atoms with van der Waals surface area (Å²) in [6.07, 6.45) is 3.03. The molecule has 6 nitrogen and oxygen atoms in total. The topological polar surface area (TPSA) is 78.7 Å². The number of carbonyl (C=O) groups is 2. The van der Waals surface area contributed by atoms with Gasteiger partial charge in [0.25, 0.3) is 0 Å². The fourth-order valence-corrected chi connectivity index (χ4v) is 3.08. The van der Waals surface area contributed by atoms with Crippen molar-refractivity contribution in [3.8, 4) is 0 Å². The van der Waals surface area contributed by atoms with E-state index >= 15 is 0 Å². The van der Waals surface area contributed by atoms with Crippen LogP contribution in [0.2, 0.25) is 0 Å². The maximum absolute atomic E-state index is 12.5. The van der Waals surface area contributed by atoms with Gasteiger partial charge in [0.1, 0.15) is 0 Å². The molecule has 2 rings (SSSR count). The van der Waals surface area contributed by atoms with E-state index in [1.807, 2.05) is 23.6 Å². The van der Waals surface area contributed by atoms with Gasteiger partial charge in [0, 0.05) is 32.2 Å². The molecule has 0 aromatic carbocycles. The minimum Gasteiger partial charge on any atom is -0.341 e. The standard InChI is InChI=1S/C14H26N4O2/c1-3-14(15,4-2)12(19)17-8-5-11(6-9-17)18-10-7-16-13(18)20/h11H,3-10,15H2,1-2H3,(H,16,20). The zero-order valence-corrected chi connectivity index (χ0v) is 12.5. The van der Waals surface area contributed by atoms with E-state index < -0.39 is 5.54 Å². The zero-order valence-electron chi connectivity index (χ0n) is 12.5. The first kappa shape index (κ1) is 15.1. The van der Waals surface area contributed by atoms with Crippen molar-refractivity contribution >= 4 is 11.9 Å². The molecule has 0 atom stereocenters. The molecule has 20 heavy (non-hydrogen) atoms. The van der Waals surface area contributed by atoms with Gasteiger partial charge >= 0.3 is 6.03 Å². The predicted molar refractivity (Wildman–Crippen MR) is 77.2 cm³/mol. The molecule has 0 bridgehead atoms. The lowest BCUT2D eigenvalue weighted by atomic mass is 9.91. The normalized spacial score (nSPS) is 21.2. The summed E-state index contributed by atoms with van der Waals surface area (Å²) in [4.78, 5) is 27.9. The summed E-state index contributed by atoms with van der Waals surface area (Å²) in [6.45, 7) is 6.83. The van der Waals surface area contributed by atoms with Crippen molar-refractivity contribution in [2.75, 3.05) is 26.2 Å². The fourth-order valence-electron chi connectivity index (χ4n) is 3.08. The molecule has 6 heteroatoms. The van der Waals surface area contributed by atoms with Crippen LogP contribution < -0.4 is 11.1 Å². The Labute approximate surface area is 120 Å². The van der Waals surface area contributed by atoms with E-state index in [1.54, 1.807) is 0 Å². The Morgan fingerprint density at radius 3 is 2.35 bits per heavy atom. The van der Waals surface area contributed by atoms with Crippen LogP contribution in [-0.4, -0.2) is 59.5 Å². The van der Waals surface area contributed by atoms with Gasteiger partial charge in [-0.25, -0.2) is 4.79 Å². The number of nitrogens with one attached hydrogen (secondary N) is 1. The second kappa shape index (κ2) is 5.99. The summed E-state index contributed by atoms with van der Waals surface area (Å²) >= 11 is 0. The lowest BCUT2D eigenvalue weighted by molar-refractivity contribution is -0.138. The Balaban J connectivity index is 1.91. The zero-order chi connectivity index (χ0) is 14.8. The number of hydrogen-bond acceptors (Lipinski definition) is 3. The largest absolute Gasteiger partial charge is 0.341 e. The molecular weight excluding hydrogens is 256 g/mol. The molecule has 2 aliphatic rings. The minimum atomic E-state index is -0.724. The molecule has 114 valence electrons. The van der Waals surface area contributed by atoms with Crippen LogP contribution in [0.4, 0.5) is 4.79 Å². The molecule has 0 aromatic heterocycles. The average molecular weight is 282 g/mol. The van der Waals surface area contributed by atoms with E-state index in [1.165, 1.54) is 0 Å². The number of urea groups is 1. The Hall–Kier alpha value is -1.30. The van der Waals surface area contributed by atoms with Crippen molar-refractivity contribution in [2.45, 2.75) is 51.1 Å². The van der Waals surface area contributed by atoms with Gasteiger partial charge in [-0.05, 0) is 25.7 Å². The lowest BCUT2D eigenvalue weighted by Gasteiger charge is -2.39. The summed E-state index contributed by atoms with van der Waals surface area (Å²) in [7, 11) is 0. The number of nitrogens with zero attached hydrogens (tertiary/aromatic N) is 2. The average Bonchev–Trinajstić information content (AvgIpc) is 2.92. The molecule has 0 saturated carbocycles. The lowest BCUT2D eigenvalue weighted by Crippen LogP contribution is -2.57. The van der Waals surface area contributed by atoms with Crippen molar-refractivity contribution in [1.82, 2.24) is 15.1 Å². The third kappa shape index (κ3) is 2.75. The van der Waals surface area contributed by atoms with Crippen LogP contribution in [0.25, 0.3) is 0 Å². The van der Waals surface area contributed by atoms with Gasteiger partial charge in [0.2, 0.25) is 5.91 Å². The maximum atomic E-state index is 12.5. The first-order valence-electron chi connectivity index (χ1n) is 7.64. The molecule has 2 saturated heterocycles. The Morgan fingerprint density at radius 2 is 1.90 bits per heavy atom. The molecule has 3 N–H and O–H groups in total. The molecule has 3 amide bonds. The first-order chi connectivity index (χ1) is 9.51. The quantitative estimate of drug-likeness (QED) is 0.789. The fraction of sp³-hybridized carbons (Fsp3) is 0.857. The number of rotatable bonds is 4. The number of piperidine rings is 1. The first-order valence-corrected chi connectivity index (χ1v) is 7.64. The van der Waals surface area contributed by atoms with Crippen LogP contribution in [0, 0.1) is 0 Å². The molecule has 0 radical (unpaired) electrons. The Bertz CT molecular complexity index is 373. The summed E-state index contributed by atoms with van der Waals surface area (Å²) in [5.74, 6) is 0.0619. The summed E-state index contributed by atoms with van der Waals surface area (Å²) in [6, 6.07) is 0.294. The molecule has 2 fully saturated rings. The number of likely N-dealkylation sites (tertiary alicyclic amines) is 1. The van der Waals surface area contributed by atoms with Gasteiger partial charge in [-0.2, -0.15) is 0 Å². The number of hydrogen-bond donors (Lipinski definition) is 2. The predicted octanol–water partition coefficient (Wildman–Crippen LogP) is 0.520. The molecule has 2 heterocycles. The monoisotopic (exact) mass is 282 g/mol. The molecule has 0 unspecified atom stereocenters. The third-order valence-corrected chi connectivity index (χ3v) is 4.77. The third-order valence-electron chi connectivity index (χ3n) is 4.77. The van der Waals surface area contributed by atoms with E-state index in [0.29, 0.717) is 25.9 Å². The van der Waals surface area contributed by atoms with E-state index in [9.17, 15) is 9.59 Å². The van der Waals surface area contributed by atoms with Gasteiger partial charge in [0.15, 0.2) is 0 Å². The van der Waals surface area contributed by atoms with E-state index in [4.69, 9.17) is 5.73 Å². The van der Waals surface area contributed by atoms with Crippen LogP contribution in [0.1, 0.15) is 39.5 Å². The second-order valence-electron chi connectivity index (χ2n) is 5.81. The van der Waals surface area contributed by atoms with Crippen molar-refractivity contribution in [3.63, 3.8) is 0 Å². The highest BCUT2D eigenvalue weighted by molar-refractivity contribution is 5.86. The Kier molecular flexibility index (Phi) is 4.52. The van der Waals surface area contributed by atoms with Crippen LogP contribution in [-0.2, 0) is 4.79 Å². The van der Waals surface area contributed by atoms with Crippen molar-refractivity contribution in [1.29, 1.82) is 0 Å². The molecule has 0 spiro atoms. The maximum Gasteiger partial charge on any atom is 0.317 e. The van der Waals surface area contributed by atoms with Gasteiger partial charge in [-0.3, -0.25) is 4.79 Å². The van der Waals surface area contributed by atoms with Crippen LogP contribution in [0.5, 0.6) is 0 Å². The van der Waals surface area contributed by atoms with Crippen molar-refractivity contribution in [3.05, 3.63) is 0 Å². The van der Waals surface area contributed by atoms with E-state index in [2.05, 4.69) is 5.32 Å². The Morgan fingerprint density at radius 1 is 1.30 bits per heavy atom. The summed E-state index contributed by atoms with van der Waals surface area (Å²) in [5, 5.41) is 2.83. The highest BCUT2D eigenvalue weighted by atomic mass is 16.2. The van der Waals surface area contributed by atoms with E-state index in [0.717, 1.165) is 25.9 Å². The van der Waals surface area contributed by atoms with Gasteiger partial charge < -0.3 is 20.9 Å². The van der Waals surface area contributed by atoms with Gasteiger partial charge in [-0.1, -0.05) is 13.8 Å². The molecule has 0 aromatic rings. The smallest absolute Gasteiger partial charge is 0.317 e. The number of amides is 3.